The van der Waals surface area contributed by atoms with Gasteiger partial charge in [-0.2, -0.15) is 0 Å². The molecule has 0 fully saturated rings. The number of nitrogens with zero attached hydrogens (tertiary/aromatic N) is 2. The Balaban J connectivity index is 1.26. The molecule has 0 N–H and O–H groups in total. The van der Waals surface area contributed by atoms with Gasteiger partial charge in [0.1, 0.15) is 11.5 Å². The topological polar surface area (TPSA) is 17.4 Å². The summed E-state index contributed by atoms with van der Waals surface area (Å²) in [6.07, 6.45) is 4.73. The van der Waals surface area contributed by atoms with Gasteiger partial charge in [0.25, 0.3) is 0 Å². The van der Waals surface area contributed by atoms with Crippen LogP contribution in [0.25, 0.3) is 55.2 Å². The van der Waals surface area contributed by atoms with Crippen LogP contribution in [0.5, 0.6) is 11.5 Å². The summed E-state index contributed by atoms with van der Waals surface area (Å²) in [4.78, 5) is 0. The van der Waals surface area contributed by atoms with E-state index < -0.39 is 0 Å². The fourth-order valence-corrected chi connectivity index (χ4v) is 7.35. The maximum Gasteiger partial charge on any atom is 0.129 e. The Hall–Kier alpha value is -5.32. The molecular formula is C41H27BrN2O. The van der Waals surface area contributed by atoms with Gasteiger partial charge in [0.2, 0.25) is 0 Å². The first kappa shape index (κ1) is 26.1. The van der Waals surface area contributed by atoms with E-state index in [-0.39, 0.29) is 0 Å². The van der Waals surface area contributed by atoms with Gasteiger partial charge in [-0.1, -0.05) is 119 Å². The molecule has 214 valence electrons. The van der Waals surface area contributed by atoms with Crippen molar-refractivity contribution in [2.45, 2.75) is 0 Å². The minimum atomic E-state index is 0.724. The molecule has 4 heteroatoms. The van der Waals surface area contributed by atoms with Crippen LogP contribution in [0.15, 0.2) is 156 Å². The average molecular weight is 644 g/mol. The molecule has 6 aromatic carbocycles. The van der Waals surface area contributed by atoms with E-state index in [1.807, 2.05) is 24.3 Å². The van der Waals surface area contributed by atoms with Crippen LogP contribution < -0.4 is 9.75 Å². The highest BCUT2D eigenvalue weighted by Gasteiger charge is 2.27. The molecule has 1 aliphatic carbocycles. The minimum Gasteiger partial charge on any atom is -0.457 e. The second-order valence-corrected chi connectivity index (χ2v) is 12.4. The first-order valence-corrected chi connectivity index (χ1v) is 16.0. The summed E-state index contributed by atoms with van der Waals surface area (Å²) in [5, 5.41) is 4.75. The van der Waals surface area contributed by atoms with Crippen molar-refractivity contribution in [3.8, 4) is 33.8 Å². The minimum absolute atomic E-state index is 0.724. The summed E-state index contributed by atoms with van der Waals surface area (Å²) >= 11 is 3.57. The van der Waals surface area contributed by atoms with Crippen LogP contribution in [0.1, 0.15) is 11.1 Å². The number of benzene rings is 6. The Morgan fingerprint density at radius 3 is 1.78 bits per heavy atom. The summed E-state index contributed by atoms with van der Waals surface area (Å²) < 4.78 is 9.69. The molecule has 3 nitrogen and oxygen atoms in total. The van der Waals surface area contributed by atoms with Crippen molar-refractivity contribution in [3.63, 3.8) is 0 Å². The third kappa shape index (κ3) is 4.25. The molecule has 7 aromatic rings. The van der Waals surface area contributed by atoms with Gasteiger partial charge in [-0.05, 0) is 75.4 Å². The van der Waals surface area contributed by atoms with E-state index in [9.17, 15) is 0 Å². The lowest BCUT2D eigenvalue weighted by atomic mass is 9.79. The number of hydrogen-bond donors (Lipinski definition) is 0. The van der Waals surface area contributed by atoms with Gasteiger partial charge in [0.15, 0.2) is 0 Å². The molecule has 0 bridgehead atoms. The van der Waals surface area contributed by atoms with E-state index in [1.165, 1.54) is 55.3 Å². The smallest absolute Gasteiger partial charge is 0.129 e. The number of para-hydroxylation sites is 1. The van der Waals surface area contributed by atoms with Crippen molar-refractivity contribution >= 4 is 48.9 Å². The predicted molar refractivity (Wildman–Crippen MR) is 190 cm³/mol. The van der Waals surface area contributed by atoms with Crippen LogP contribution in [-0.2, 0) is 0 Å². The van der Waals surface area contributed by atoms with E-state index in [1.54, 1.807) is 0 Å². The van der Waals surface area contributed by atoms with E-state index >= 15 is 0 Å². The molecule has 2 aliphatic rings. The highest BCUT2D eigenvalue weighted by Crippen LogP contribution is 2.47. The highest BCUT2D eigenvalue weighted by molar-refractivity contribution is 9.10. The molecule has 1 aromatic heterocycles. The fraction of sp³-hybridized carbons (Fsp3) is 0.0244. The van der Waals surface area contributed by atoms with E-state index in [0.717, 1.165) is 33.5 Å². The molecule has 9 rings (SSSR count). The van der Waals surface area contributed by atoms with Gasteiger partial charge in [-0.15, -0.1) is 0 Å². The highest BCUT2D eigenvalue weighted by atomic mass is 79.9. The van der Waals surface area contributed by atoms with Crippen molar-refractivity contribution in [3.05, 3.63) is 167 Å². The Morgan fingerprint density at radius 2 is 1.07 bits per heavy atom. The molecule has 0 atom stereocenters. The number of aromatic nitrogens is 1. The van der Waals surface area contributed by atoms with Crippen LogP contribution in [0.3, 0.4) is 0 Å². The first-order chi connectivity index (χ1) is 22.2. The Bertz CT molecular complexity index is 2360. The number of hydrogen-bond acceptors (Lipinski definition) is 2. The predicted octanol–water partition coefficient (Wildman–Crippen LogP) is 11.1. The zero-order chi connectivity index (χ0) is 29.9. The van der Waals surface area contributed by atoms with E-state index in [4.69, 9.17) is 4.74 Å². The van der Waals surface area contributed by atoms with Crippen molar-refractivity contribution < 1.29 is 4.74 Å². The summed E-state index contributed by atoms with van der Waals surface area (Å²) in [5.41, 5.74) is 12.3. The lowest BCUT2D eigenvalue weighted by molar-refractivity contribution is 0.483. The fourth-order valence-electron chi connectivity index (χ4n) is 6.97. The van der Waals surface area contributed by atoms with Gasteiger partial charge in [0, 0.05) is 33.1 Å². The maximum atomic E-state index is 6.35. The van der Waals surface area contributed by atoms with Crippen molar-refractivity contribution in [2.24, 2.45) is 0 Å². The summed E-state index contributed by atoms with van der Waals surface area (Å²) in [5.74, 6) is 1.59. The maximum absolute atomic E-state index is 6.35. The van der Waals surface area contributed by atoms with Gasteiger partial charge in [0.05, 0.1) is 17.6 Å². The largest absolute Gasteiger partial charge is 0.457 e. The van der Waals surface area contributed by atoms with Crippen molar-refractivity contribution in [2.75, 3.05) is 11.6 Å². The van der Waals surface area contributed by atoms with Crippen molar-refractivity contribution in [1.29, 1.82) is 0 Å². The zero-order valence-electron chi connectivity index (χ0n) is 24.3. The summed E-state index contributed by atoms with van der Waals surface area (Å²) in [6, 6.07) is 49.4. The zero-order valence-corrected chi connectivity index (χ0v) is 25.9. The normalized spacial score (nSPS) is 13.6. The number of fused-ring (bicyclic) bond motifs is 11. The second-order valence-electron chi connectivity index (χ2n) is 11.5. The number of allylic oxidation sites excluding steroid dienone is 2. The molecule has 0 spiro atoms. The summed E-state index contributed by atoms with van der Waals surface area (Å²) in [6.45, 7) is 0.724. The Morgan fingerprint density at radius 1 is 0.489 bits per heavy atom. The SMILES string of the molecule is Brc1cccc(Oc2ccc3c4ccccc4n(N4C=C5C(=CC4)c4ccccc4-c4ccccc4-c4ccccc45)c3c2)c1. The number of ether oxygens (including phenoxy) is 1. The number of rotatable bonds is 3. The average Bonchev–Trinajstić information content (AvgIpc) is 3.41. The quantitative estimate of drug-likeness (QED) is 0.191. The Kier molecular flexibility index (Phi) is 6.03. The molecular weight excluding hydrogens is 616 g/mol. The number of halogens is 1. The molecule has 0 amide bonds. The lowest BCUT2D eigenvalue weighted by Gasteiger charge is -2.32. The van der Waals surface area contributed by atoms with Gasteiger partial charge < -0.3 is 4.74 Å². The van der Waals surface area contributed by atoms with Crippen LogP contribution in [0.2, 0.25) is 0 Å². The molecule has 0 unspecified atom stereocenters. The second kappa shape index (κ2) is 10.4. The third-order valence-corrected chi connectivity index (χ3v) is 9.39. The molecule has 1 aliphatic heterocycles. The van der Waals surface area contributed by atoms with Crippen LogP contribution in [-0.4, -0.2) is 11.2 Å². The van der Waals surface area contributed by atoms with E-state index in [0.29, 0.717) is 0 Å². The van der Waals surface area contributed by atoms with Gasteiger partial charge in [-0.3, -0.25) is 9.69 Å². The van der Waals surface area contributed by atoms with E-state index in [2.05, 4.69) is 153 Å². The Labute approximate surface area is 270 Å². The van der Waals surface area contributed by atoms with Gasteiger partial charge >= 0.3 is 0 Å². The van der Waals surface area contributed by atoms with Crippen LogP contribution >= 0.6 is 15.9 Å². The molecule has 2 heterocycles. The monoisotopic (exact) mass is 642 g/mol. The standard InChI is InChI=1S/C41H27BrN2O/c42-27-10-9-11-28(24-27)45-29-20-21-38-37-18-7-8-19-40(37)44(41(38)25-29)43-23-22-36-34-16-4-3-14-32(34)30-12-1-2-13-31(30)33-15-5-6-17-35(33)39(36)26-43/h1-22,24-26H,23H2. The molecule has 45 heavy (non-hydrogen) atoms. The molecule has 0 saturated heterocycles. The van der Waals surface area contributed by atoms with Crippen molar-refractivity contribution in [1.82, 2.24) is 4.68 Å². The van der Waals surface area contributed by atoms with Crippen LogP contribution in [0, 0.1) is 0 Å². The summed E-state index contributed by atoms with van der Waals surface area (Å²) in [7, 11) is 0. The lowest BCUT2D eigenvalue weighted by Crippen LogP contribution is -2.31. The molecule has 0 saturated carbocycles. The molecule has 0 radical (unpaired) electrons. The third-order valence-electron chi connectivity index (χ3n) is 8.90. The van der Waals surface area contributed by atoms with Crippen LogP contribution in [0.4, 0.5) is 0 Å². The van der Waals surface area contributed by atoms with Gasteiger partial charge in [-0.25, -0.2) is 0 Å². The first-order valence-electron chi connectivity index (χ1n) is 15.2.